The summed E-state index contributed by atoms with van der Waals surface area (Å²) in [4.78, 5) is 14.2. The molecule has 1 aromatic carbocycles. The van der Waals surface area contributed by atoms with Gasteiger partial charge in [0, 0.05) is 25.9 Å². The zero-order valence-electron chi connectivity index (χ0n) is 11.2. The molecule has 0 fully saturated rings. The maximum Gasteiger partial charge on any atom is 0.254 e. The van der Waals surface area contributed by atoms with E-state index in [1.165, 1.54) is 5.56 Å². The van der Waals surface area contributed by atoms with Crippen molar-refractivity contribution in [3.63, 3.8) is 0 Å². The lowest BCUT2D eigenvalue weighted by Gasteiger charge is -2.34. The van der Waals surface area contributed by atoms with Gasteiger partial charge in [-0.15, -0.1) is 0 Å². The van der Waals surface area contributed by atoms with Crippen molar-refractivity contribution in [2.75, 3.05) is 19.4 Å². The third-order valence-electron chi connectivity index (χ3n) is 3.56. The van der Waals surface area contributed by atoms with E-state index < -0.39 is 5.60 Å². The van der Waals surface area contributed by atoms with Crippen LogP contribution in [0.15, 0.2) is 18.2 Å². The minimum Gasteiger partial charge on any atom is -0.399 e. The Morgan fingerprint density at radius 1 is 1.39 bits per heavy atom. The maximum absolute atomic E-state index is 12.3. The molecule has 4 nitrogen and oxygen atoms in total. The fourth-order valence-electron chi connectivity index (χ4n) is 2.22. The molecular weight excluding hydrogens is 228 g/mol. The average molecular weight is 248 g/mol. The van der Waals surface area contributed by atoms with Crippen molar-refractivity contribution in [3.05, 3.63) is 29.3 Å². The van der Waals surface area contributed by atoms with E-state index in [4.69, 9.17) is 10.5 Å². The molecule has 0 aromatic heterocycles. The first-order valence-electron chi connectivity index (χ1n) is 6.16. The van der Waals surface area contributed by atoms with Gasteiger partial charge in [-0.25, -0.2) is 0 Å². The van der Waals surface area contributed by atoms with Crippen LogP contribution in [0.25, 0.3) is 0 Å². The summed E-state index contributed by atoms with van der Waals surface area (Å²) in [6, 6.07) is 5.91. The number of hydrogen-bond donors (Lipinski definition) is 1. The predicted octanol–water partition coefficient (Wildman–Crippen LogP) is 1.58. The summed E-state index contributed by atoms with van der Waals surface area (Å²) in [6.07, 6.45) is 0.876. The lowest BCUT2D eigenvalue weighted by molar-refractivity contribution is -0.152. The number of anilines is 1. The summed E-state index contributed by atoms with van der Waals surface area (Å²) < 4.78 is 5.25. The minimum absolute atomic E-state index is 0.0260. The van der Waals surface area contributed by atoms with Gasteiger partial charge in [0.2, 0.25) is 0 Å². The molecule has 18 heavy (non-hydrogen) atoms. The second kappa shape index (κ2) is 4.61. The van der Waals surface area contributed by atoms with Crippen LogP contribution in [0.5, 0.6) is 0 Å². The number of ether oxygens (including phenoxy) is 1. The zero-order valence-corrected chi connectivity index (χ0v) is 11.2. The van der Waals surface area contributed by atoms with Crippen LogP contribution in [0.4, 0.5) is 5.69 Å². The van der Waals surface area contributed by atoms with Gasteiger partial charge in [-0.05, 0) is 43.5 Å². The normalized spacial score (nSPS) is 15.4. The first-order valence-corrected chi connectivity index (χ1v) is 6.16. The third-order valence-corrected chi connectivity index (χ3v) is 3.56. The van der Waals surface area contributed by atoms with Gasteiger partial charge in [0.25, 0.3) is 5.91 Å². The van der Waals surface area contributed by atoms with E-state index in [1.54, 1.807) is 21.0 Å². The van der Waals surface area contributed by atoms with Crippen LogP contribution in [0.3, 0.4) is 0 Å². The van der Waals surface area contributed by atoms with Gasteiger partial charge in [0.15, 0.2) is 0 Å². The molecule has 98 valence electrons. The second-order valence-electron chi connectivity index (χ2n) is 5.22. The maximum atomic E-state index is 12.3. The first-order chi connectivity index (χ1) is 8.44. The monoisotopic (exact) mass is 248 g/mol. The summed E-state index contributed by atoms with van der Waals surface area (Å²) in [6.45, 7) is 4.95. The Morgan fingerprint density at radius 2 is 2.11 bits per heavy atom. The molecule has 2 N–H and O–H groups in total. The van der Waals surface area contributed by atoms with Crippen molar-refractivity contribution >= 4 is 11.6 Å². The molecule has 0 unspecified atom stereocenters. The summed E-state index contributed by atoms with van der Waals surface area (Å²) in [7, 11) is 1.56. The highest BCUT2D eigenvalue weighted by molar-refractivity contribution is 5.84. The predicted molar refractivity (Wildman–Crippen MR) is 71.1 cm³/mol. The first kappa shape index (κ1) is 12.9. The van der Waals surface area contributed by atoms with Crippen LogP contribution in [0.1, 0.15) is 25.0 Å². The third kappa shape index (κ3) is 2.34. The molecule has 1 aliphatic rings. The molecule has 2 rings (SSSR count). The number of amides is 1. The van der Waals surface area contributed by atoms with Crippen LogP contribution in [0.2, 0.25) is 0 Å². The standard InChI is InChI=1S/C14H20N2O2/c1-14(2,18-3)13(17)16-7-6-10-4-5-12(15)8-11(10)9-16/h4-5,8H,6-7,9,15H2,1-3H3. The molecule has 4 heteroatoms. The molecule has 0 saturated carbocycles. The van der Waals surface area contributed by atoms with Crippen LogP contribution >= 0.6 is 0 Å². The molecule has 0 aliphatic carbocycles. The second-order valence-corrected chi connectivity index (χ2v) is 5.22. The van der Waals surface area contributed by atoms with Crippen LogP contribution in [0, 0.1) is 0 Å². The largest absolute Gasteiger partial charge is 0.399 e. The number of rotatable bonds is 2. The Kier molecular flexibility index (Phi) is 3.30. The Labute approximate surface area is 108 Å². The molecule has 0 atom stereocenters. The van der Waals surface area contributed by atoms with E-state index in [2.05, 4.69) is 0 Å². The Bertz CT molecular complexity index is 469. The fraction of sp³-hybridized carbons (Fsp3) is 0.500. The summed E-state index contributed by atoms with van der Waals surface area (Å²) >= 11 is 0. The molecule has 0 spiro atoms. The highest BCUT2D eigenvalue weighted by Crippen LogP contribution is 2.24. The molecule has 1 aliphatic heterocycles. The van der Waals surface area contributed by atoms with Crippen molar-refractivity contribution in [2.45, 2.75) is 32.4 Å². The van der Waals surface area contributed by atoms with E-state index in [0.29, 0.717) is 6.54 Å². The molecule has 1 amide bonds. The number of methoxy groups -OCH3 is 1. The van der Waals surface area contributed by atoms with E-state index in [1.807, 2.05) is 23.1 Å². The van der Waals surface area contributed by atoms with Crippen molar-refractivity contribution in [1.82, 2.24) is 4.90 Å². The van der Waals surface area contributed by atoms with Crippen LogP contribution in [-0.4, -0.2) is 30.1 Å². The molecular formula is C14H20N2O2. The van der Waals surface area contributed by atoms with Crippen LogP contribution < -0.4 is 5.73 Å². The number of nitrogens with two attached hydrogens (primary N) is 1. The van der Waals surface area contributed by atoms with Crippen molar-refractivity contribution in [1.29, 1.82) is 0 Å². The highest BCUT2D eigenvalue weighted by Gasteiger charge is 2.33. The Morgan fingerprint density at radius 3 is 2.78 bits per heavy atom. The number of nitrogen functional groups attached to an aromatic ring is 1. The fourth-order valence-corrected chi connectivity index (χ4v) is 2.22. The number of benzene rings is 1. The van der Waals surface area contributed by atoms with Gasteiger partial charge in [0.05, 0.1) is 0 Å². The molecule has 0 radical (unpaired) electrons. The van der Waals surface area contributed by atoms with Gasteiger partial charge in [-0.2, -0.15) is 0 Å². The molecule has 0 bridgehead atoms. The number of carbonyl (C=O) groups excluding carboxylic acids is 1. The van der Waals surface area contributed by atoms with Gasteiger partial charge < -0.3 is 15.4 Å². The Hall–Kier alpha value is -1.55. The topological polar surface area (TPSA) is 55.6 Å². The molecule has 0 saturated heterocycles. The number of carbonyl (C=O) groups is 1. The minimum atomic E-state index is -0.766. The summed E-state index contributed by atoms with van der Waals surface area (Å²) in [5, 5.41) is 0. The molecule has 1 heterocycles. The van der Waals surface area contributed by atoms with Crippen molar-refractivity contribution in [3.8, 4) is 0 Å². The lowest BCUT2D eigenvalue weighted by atomic mass is 9.97. The number of fused-ring (bicyclic) bond motifs is 1. The van der Waals surface area contributed by atoms with E-state index in [9.17, 15) is 4.79 Å². The number of nitrogens with zero attached hydrogens (tertiary/aromatic N) is 1. The van der Waals surface area contributed by atoms with Gasteiger partial charge in [-0.1, -0.05) is 6.07 Å². The van der Waals surface area contributed by atoms with E-state index >= 15 is 0 Å². The summed E-state index contributed by atoms with van der Waals surface area (Å²) in [5.74, 6) is 0.0260. The zero-order chi connectivity index (χ0) is 13.3. The van der Waals surface area contributed by atoms with Crippen molar-refractivity contribution in [2.24, 2.45) is 0 Å². The average Bonchev–Trinajstić information content (AvgIpc) is 2.36. The van der Waals surface area contributed by atoms with Crippen LogP contribution in [-0.2, 0) is 22.5 Å². The van der Waals surface area contributed by atoms with Gasteiger partial charge in [-0.3, -0.25) is 4.79 Å². The van der Waals surface area contributed by atoms with Gasteiger partial charge >= 0.3 is 0 Å². The number of hydrogen-bond acceptors (Lipinski definition) is 3. The van der Waals surface area contributed by atoms with E-state index in [0.717, 1.165) is 24.2 Å². The molecule has 1 aromatic rings. The smallest absolute Gasteiger partial charge is 0.254 e. The highest BCUT2D eigenvalue weighted by atomic mass is 16.5. The van der Waals surface area contributed by atoms with Crippen molar-refractivity contribution < 1.29 is 9.53 Å². The van der Waals surface area contributed by atoms with E-state index in [-0.39, 0.29) is 5.91 Å². The summed E-state index contributed by atoms with van der Waals surface area (Å²) in [5.41, 5.74) is 8.19. The Balaban J connectivity index is 2.19. The van der Waals surface area contributed by atoms with Gasteiger partial charge in [0.1, 0.15) is 5.60 Å². The SMILES string of the molecule is COC(C)(C)C(=O)N1CCc2ccc(N)cc2C1. The quantitative estimate of drug-likeness (QED) is 0.808. The lowest BCUT2D eigenvalue weighted by Crippen LogP contribution is -2.48.